The van der Waals surface area contributed by atoms with Crippen LogP contribution < -0.4 is 9.80 Å². The van der Waals surface area contributed by atoms with Gasteiger partial charge in [0.25, 0.3) is 6.01 Å². The van der Waals surface area contributed by atoms with Crippen LogP contribution in [0.4, 0.5) is 11.8 Å². The molecule has 2 aliphatic heterocycles. The molecule has 2 unspecified atom stereocenters. The molecule has 0 aliphatic carbocycles. The van der Waals surface area contributed by atoms with Crippen molar-refractivity contribution in [2.24, 2.45) is 11.8 Å². The SMILES string of the molecule is Cc1cc(C)n(-c2cc(N3CC4CN(c5ncco5)CC4C3)ncn2)n1. The number of fused-ring (bicyclic) bond motifs is 1. The molecule has 26 heavy (non-hydrogen) atoms. The second-order valence-electron chi connectivity index (χ2n) is 7.22. The average molecular weight is 351 g/mol. The van der Waals surface area contributed by atoms with Gasteiger partial charge in [-0.05, 0) is 19.9 Å². The Bertz CT molecular complexity index is 906. The van der Waals surface area contributed by atoms with Gasteiger partial charge in [0.1, 0.15) is 18.4 Å². The Balaban J connectivity index is 1.33. The number of anilines is 2. The fourth-order valence-electron chi connectivity index (χ4n) is 4.20. The molecule has 0 bridgehead atoms. The van der Waals surface area contributed by atoms with E-state index in [0.29, 0.717) is 11.8 Å². The summed E-state index contributed by atoms with van der Waals surface area (Å²) >= 11 is 0. The average Bonchev–Trinajstić information content (AvgIpc) is 3.37. The minimum absolute atomic E-state index is 0.606. The van der Waals surface area contributed by atoms with Crippen molar-refractivity contribution in [3.63, 3.8) is 0 Å². The van der Waals surface area contributed by atoms with Gasteiger partial charge in [-0.1, -0.05) is 0 Å². The molecule has 8 nitrogen and oxygen atoms in total. The monoisotopic (exact) mass is 351 g/mol. The van der Waals surface area contributed by atoms with Crippen LogP contribution in [0.2, 0.25) is 0 Å². The predicted octanol–water partition coefficient (Wildman–Crippen LogP) is 1.84. The Morgan fingerprint density at radius 2 is 1.65 bits per heavy atom. The molecule has 0 N–H and O–H groups in total. The quantitative estimate of drug-likeness (QED) is 0.712. The van der Waals surface area contributed by atoms with Crippen molar-refractivity contribution >= 4 is 11.8 Å². The van der Waals surface area contributed by atoms with Crippen molar-refractivity contribution in [1.29, 1.82) is 0 Å². The van der Waals surface area contributed by atoms with Crippen LogP contribution in [-0.4, -0.2) is 50.9 Å². The highest BCUT2D eigenvalue weighted by molar-refractivity contribution is 5.46. The van der Waals surface area contributed by atoms with E-state index in [1.54, 1.807) is 18.8 Å². The zero-order valence-corrected chi connectivity index (χ0v) is 14.9. The van der Waals surface area contributed by atoms with E-state index in [-0.39, 0.29) is 0 Å². The van der Waals surface area contributed by atoms with Crippen molar-refractivity contribution in [2.45, 2.75) is 13.8 Å². The summed E-state index contributed by atoms with van der Waals surface area (Å²) in [5.74, 6) is 3.00. The molecule has 8 heteroatoms. The van der Waals surface area contributed by atoms with E-state index >= 15 is 0 Å². The minimum atomic E-state index is 0.606. The maximum absolute atomic E-state index is 5.44. The van der Waals surface area contributed by atoms with Crippen LogP contribution in [0.3, 0.4) is 0 Å². The van der Waals surface area contributed by atoms with E-state index in [2.05, 4.69) is 35.9 Å². The Labute approximate surface area is 151 Å². The smallest absolute Gasteiger partial charge is 0.297 e. The van der Waals surface area contributed by atoms with E-state index in [9.17, 15) is 0 Å². The molecule has 0 amide bonds. The van der Waals surface area contributed by atoms with Crippen molar-refractivity contribution in [3.05, 3.63) is 42.3 Å². The zero-order valence-electron chi connectivity index (χ0n) is 14.9. The minimum Gasteiger partial charge on any atom is -0.432 e. The number of rotatable bonds is 3. The summed E-state index contributed by atoms with van der Waals surface area (Å²) in [6, 6.07) is 4.82. The van der Waals surface area contributed by atoms with Crippen LogP contribution >= 0.6 is 0 Å². The first kappa shape index (κ1) is 15.4. The molecular formula is C18H21N7O. The molecule has 2 fully saturated rings. The molecule has 0 radical (unpaired) electrons. The van der Waals surface area contributed by atoms with E-state index in [4.69, 9.17) is 4.42 Å². The number of hydrogen-bond donors (Lipinski definition) is 0. The molecule has 2 aliphatic rings. The van der Waals surface area contributed by atoms with E-state index in [0.717, 1.165) is 55.2 Å². The topological polar surface area (TPSA) is 76.1 Å². The van der Waals surface area contributed by atoms with Crippen molar-refractivity contribution in [2.75, 3.05) is 36.0 Å². The van der Waals surface area contributed by atoms with Crippen molar-refractivity contribution in [3.8, 4) is 5.82 Å². The number of nitrogens with zero attached hydrogens (tertiary/aromatic N) is 7. The highest BCUT2D eigenvalue weighted by Gasteiger charge is 2.41. The van der Waals surface area contributed by atoms with Crippen LogP contribution in [0.15, 0.2) is 35.3 Å². The lowest BCUT2D eigenvalue weighted by Crippen LogP contribution is -2.29. The Hall–Kier alpha value is -2.90. The Morgan fingerprint density at radius 1 is 0.923 bits per heavy atom. The maximum atomic E-state index is 5.44. The molecule has 2 atom stereocenters. The van der Waals surface area contributed by atoms with E-state index < -0.39 is 0 Å². The lowest BCUT2D eigenvalue weighted by molar-refractivity contribution is 0.533. The number of aryl methyl sites for hydroxylation is 2. The second kappa shape index (κ2) is 5.82. The molecule has 134 valence electrons. The third kappa shape index (κ3) is 2.53. The predicted molar refractivity (Wildman–Crippen MR) is 96.5 cm³/mol. The molecule has 2 saturated heterocycles. The maximum Gasteiger partial charge on any atom is 0.297 e. The third-order valence-corrected chi connectivity index (χ3v) is 5.36. The van der Waals surface area contributed by atoms with Gasteiger partial charge in [-0.2, -0.15) is 5.10 Å². The normalized spacial score (nSPS) is 22.2. The summed E-state index contributed by atoms with van der Waals surface area (Å²) < 4.78 is 7.32. The second-order valence-corrected chi connectivity index (χ2v) is 7.22. The van der Waals surface area contributed by atoms with Crippen LogP contribution in [0.1, 0.15) is 11.4 Å². The fraction of sp³-hybridized carbons (Fsp3) is 0.444. The van der Waals surface area contributed by atoms with Crippen LogP contribution in [0, 0.1) is 25.7 Å². The summed E-state index contributed by atoms with van der Waals surface area (Å²) in [7, 11) is 0. The van der Waals surface area contributed by atoms with Gasteiger partial charge in [-0.15, -0.1) is 0 Å². The first-order chi connectivity index (χ1) is 12.7. The highest BCUT2D eigenvalue weighted by Crippen LogP contribution is 2.35. The highest BCUT2D eigenvalue weighted by atomic mass is 16.4. The lowest BCUT2D eigenvalue weighted by Gasteiger charge is -2.21. The van der Waals surface area contributed by atoms with E-state index in [1.807, 2.05) is 24.6 Å². The van der Waals surface area contributed by atoms with Gasteiger partial charge in [-0.3, -0.25) is 0 Å². The zero-order chi connectivity index (χ0) is 17.7. The van der Waals surface area contributed by atoms with Gasteiger partial charge in [0, 0.05) is 49.8 Å². The van der Waals surface area contributed by atoms with Gasteiger partial charge in [0.05, 0.1) is 11.9 Å². The Kier molecular flexibility index (Phi) is 3.44. The third-order valence-electron chi connectivity index (χ3n) is 5.36. The summed E-state index contributed by atoms with van der Waals surface area (Å²) in [5.41, 5.74) is 2.07. The van der Waals surface area contributed by atoms with E-state index in [1.165, 1.54) is 0 Å². The first-order valence-corrected chi connectivity index (χ1v) is 8.92. The van der Waals surface area contributed by atoms with Gasteiger partial charge < -0.3 is 14.2 Å². The summed E-state index contributed by atoms with van der Waals surface area (Å²) in [4.78, 5) is 17.8. The molecule has 0 spiro atoms. The summed E-state index contributed by atoms with van der Waals surface area (Å²) in [5, 5.41) is 4.53. The standard InChI is InChI=1S/C18H21N7O/c1-12-5-13(2)25(22-12)17-6-16(20-11-21-17)23-7-14-9-24(10-15(14)8-23)18-19-3-4-26-18/h3-6,11,14-15H,7-10H2,1-2H3. The molecule has 3 aromatic heterocycles. The number of aromatic nitrogens is 5. The summed E-state index contributed by atoms with van der Waals surface area (Å²) in [6.07, 6.45) is 4.97. The van der Waals surface area contributed by atoms with Crippen molar-refractivity contribution < 1.29 is 4.42 Å². The molecular weight excluding hydrogens is 330 g/mol. The molecule has 5 rings (SSSR count). The van der Waals surface area contributed by atoms with Gasteiger partial charge in [-0.25, -0.2) is 19.6 Å². The molecule has 3 aromatic rings. The van der Waals surface area contributed by atoms with Crippen LogP contribution in [0.5, 0.6) is 0 Å². The number of oxazole rings is 1. The van der Waals surface area contributed by atoms with Gasteiger partial charge in [0.15, 0.2) is 5.82 Å². The van der Waals surface area contributed by atoms with Gasteiger partial charge >= 0.3 is 0 Å². The molecule has 5 heterocycles. The first-order valence-electron chi connectivity index (χ1n) is 8.92. The fourth-order valence-corrected chi connectivity index (χ4v) is 4.20. The van der Waals surface area contributed by atoms with Crippen LogP contribution in [-0.2, 0) is 0 Å². The van der Waals surface area contributed by atoms with Gasteiger partial charge in [0.2, 0.25) is 0 Å². The molecule has 0 aromatic carbocycles. The lowest BCUT2D eigenvalue weighted by atomic mass is 10.0. The molecule has 0 saturated carbocycles. The number of hydrogen-bond acceptors (Lipinski definition) is 7. The van der Waals surface area contributed by atoms with Crippen LogP contribution in [0.25, 0.3) is 5.82 Å². The Morgan fingerprint density at radius 3 is 2.31 bits per heavy atom. The largest absolute Gasteiger partial charge is 0.432 e. The van der Waals surface area contributed by atoms with Crippen molar-refractivity contribution in [1.82, 2.24) is 24.7 Å². The summed E-state index contributed by atoms with van der Waals surface area (Å²) in [6.45, 7) is 7.99.